The number of hydrogen-bond acceptors (Lipinski definition) is 6. The van der Waals surface area contributed by atoms with Gasteiger partial charge in [-0.25, -0.2) is 4.68 Å². The lowest BCUT2D eigenvalue weighted by atomic mass is 10.1. The van der Waals surface area contributed by atoms with E-state index >= 15 is 0 Å². The zero-order chi connectivity index (χ0) is 19.5. The molecule has 1 heterocycles. The molecule has 1 aliphatic rings. The maximum atomic E-state index is 13.1. The topological polar surface area (TPSA) is 89.8 Å². The number of tetrazole rings is 1. The van der Waals surface area contributed by atoms with E-state index in [2.05, 4.69) is 20.8 Å². The Hall–Kier alpha value is -3.00. The molecule has 1 saturated carbocycles. The molecule has 0 bridgehead atoms. The number of benzene rings is 2. The first-order chi connectivity index (χ1) is 13.6. The van der Waals surface area contributed by atoms with Gasteiger partial charge in [0.05, 0.1) is 6.04 Å². The highest BCUT2D eigenvalue weighted by Crippen LogP contribution is 2.40. The number of carbonyl (C=O) groups excluding carboxylic acids is 2. The fourth-order valence-electron chi connectivity index (χ4n) is 2.84. The summed E-state index contributed by atoms with van der Waals surface area (Å²) in [5.74, 6) is -0.240. The molecule has 4 rings (SSSR count). The van der Waals surface area contributed by atoms with Gasteiger partial charge in [-0.3, -0.25) is 9.59 Å². The van der Waals surface area contributed by atoms with Crippen LogP contribution >= 0.6 is 11.8 Å². The number of carbonyl (C=O) groups is 2. The number of thioether (sulfide) groups is 1. The van der Waals surface area contributed by atoms with Gasteiger partial charge in [-0.1, -0.05) is 54.2 Å². The minimum atomic E-state index is -0.523. The summed E-state index contributed by atoms with van der Waals surface area (Å²) in [4.78, 5) is 24.7. The van der Waals surface area contributed by atoms with E-state index in [4.69, 9.17) is 0 Å². The van der Waals surface area contributed by atoms with E-state index in [1.807, 2.05) is 30.3 Å². The Balaban J connectivity index is 1.60. The molecule has 0 saturated heterocycles. The number of hydrogen-bond donors (Lipinski definition) is 1. The number of anilines is 1. The van der Waals surface area contributed by atoms with Gasteiger partial charge in [0.25, 0.3) is 0 Å². The van der Waals surface area contributed by atoms with Crippen LogP contribution in [-0.4, -0.2) is 31.9 Å². The van der Waals surface area contributed by atoms with Gasteiger partial charge in [-0.05, 0) is 47.9 Å². The van der Waals surface area contributed by atoms with Crippen molar-refractivity contribution < 1.29 is 9.59 Å². The van der Waals surface area contributed by atoms with Gasteiger partial charge < -0.3 is 5.32 Å². The highest BCUT2D eigenvalue weighted by molar-refractivity contribution is 8.00. The number of aromatic nitrogens is 4. The van der Waals surface area contributed by atoms with Crippen LogP contribution in [0.3, 0.4) is 0 Å². The molecule has 1 unspecified atom stereocenters. The molecule has 0 spiro atoms. The fraction of sp³-hybridized carbons (Fsp3) is 0.250. The molecule has 7 nitrogen and oxygen atoms in total. The molecule has 0 aliphatic heterocycles. The zero-order valence-corrected chi connectivity index (χ0v) is 16.1. The predicted molar refractivity (Wildman–Crippen MR) is 106 cm³/mol. The Morgan fingerprint density at radius 3 is 2.64 bits per heavy atom. The van der Waals surface area contributed by atoms with Crippen molar-refractivity contribution in [1.29, 1.82) is 0 Å². The highest BCUT2D eigenvalue weighted by atomic mass is 32.2. The van der Waals surface area contributed by atoms with E-state index in [1.165, 1.54) is 18.7 Å². The Labute approximate surface area is 166 Å². The molecule has 1 N–H and O–H groups in total. The molecule has 2 aromatic carbocycles. The molecular formula is C20H19N5O2S. The summed E-state index contributed by atoms with van der Waals surface area (Å²) < 4.78 is 1.80. The van der Waals surface area contributed by atoms with Crippen LogP contribution in [0.2, 0.25) is 0 Å². The van der Waals surface area contributed by atoms with Crippen molar-refractivity contribution in [3.8, 4) is 0 Å². The van der Waals surface area contributed by atoms with Gasteiger partial charge >= 0.3 is 0 Å². The average molecular weight is 393 g/mol. The quantitative estimate of drug-likeness (QED) is 0.486. The molecular weight excluding hydrogens is 374 g/mol. The van der Waals surface area contributed by atoms with Gasteiger partial charge in [0.1, 0.15) is 5.25 Å². The van der Waals surface area contributed by atoms with Crippen LogP contribution < -0.4 is 5.32 Å². The standard InChI is InChI=1S/C20H19N5O2S/c1-13(26)15-8-5-9-16(12-15)21-19(27)18(14-6-3-2-4-7-14)28-20-22-23-24-25(20)17-10-11-17/h2-9,12,17-18H,10-11H2,1H3,(H,21,27). The van der Waals surface area contributed by atoms with Crippen LogP contribution in [0.15, 0.2) is 59.8 Å². The SMILES string of the molecule is CC(=O)c1cccc(NC(=O)C(Sc2nnnn2C2CC2)c2ccccc2)c1. The summed E-state index contributed by atoms with van der Waals surface area (Å²) in [6, 6.07) is 16.8. The smallest absolute Gasteiger partial charge is 0.242 e. The van der Waals surface area contributed by atoms with Crippen LogP contribution in [0.5, 0.6) is 0 Å². The Morgan fingerprint density at radius 1 is 1.14 bits per heavy atom. The van der Waals surface area contributed by atoms with Crippen LogP contribution in [0.1, 0.15) is 47.0 Å². The summed E-state index contributed by atoms with van der Waals surface area (Å²) in [5, 5.41) is 15.0. The van der Waals surface area contributed by atoms with E-state index in [0.717, 1.165) is 18.4 Å². The summed E-state index contributed by atoms with van der Waals surface area (Å²) in [6.07, 6.45) is 2.11. The van der Waals surface area contributed by atoms with Crippen LogP contribution in [-0.2, 0) is 4.79 Å². The lowest BCUT2D eigenvalue weighted by Gasteiger charge is -2.16. The summed E-state index contributed by atoms with van der Waals surface area (Å²) in [6.45, 7) is 1.50. The van der Waals surface area contributed by atoms with Gasteiger partial charge in [0, 0.05) is 11.3 Å². The fourth-order valence-corrected chi connectivity index (χ4v) is 3.89. The first kappa shape index (κ1) is 18.4. The number of nitrogens with zero attached hydrogens (tertiary/aromatic N) is 4. The second-order valence-corrected chi connectivity index (χ2v) is 7.74. The van der Waals surface area contributed by atoms with Crippen molar-refractivity contribution in [1.82, 2.24) is 20.2 Å². The minimum absolute atomic E-state index is 0.0475. The van der Waals surface area contributed by atoms with E-state index in [9.17, 15) is 9.59 Å². The number of amides is 1. The van der Waals surface area contributed by atoms with Crippen molar-refractivity contribution in [2.24, 2.45) is 0 Å². The zero-order valence-electron chi connectivity index (χ0n) is 15.3. The third-order valence-corrected chi connectivity index (χ3v) is 5.66. The molecule has 3 aromatic rings. The van der Waals surface area contributed by atoms with Crippen LogP contribution in [0.25, 0.3) is 0 Å². The summed E-state index contributed by atoms with van der Waals surface area (Å²) in [5.41, 5.74) is 2.00. The largest absolute Gasteiger partial charge is 0.325 e. The monoisotopic (exact) mass is 393 g/mol. The Bertz CT molecular complexity index is 1000. The maximum Gasteiger partial charge on any atom is 0.242 e. The molecule has 1 aromatic heterocycles. The molecule has 142 valence electrons. The Kier molecular flexibility index (Phi) is 5.21. The molecule has 1 fully saturated rings. The predicted octanol–water partition coefficient (Wildman–Crippen LogP) is 3.68. The first-order valence-corrected chi connectivity index (χ1v) is 9.91. The van der Waals surface area contributed by atoms with Gasteiger partial charge in [0.2, 0.25) is 11.1 Å². The number of Topliss-reactive ketones (excluding diaryl/α,β-unsaturated/α-hetero) is 1. The lowest BCUT2D eigenvalue weighted by molar-refractivity contribution is -0.115. The van der Waals surface area contributed by atoms with Crippen molar-refractivity contribution >= 4 is 29.1 Å². The second kappa shape index (κ2) is 7.93. The summed E-state index contributed by atoms with van der Waals surface area (Å²) in [7, 11) is 0. The normalized spacial score (nSPS) is 14.5. The van der Waals surface area contributed by atoms with Crippen LogP contribution in [0, 0.1) is 0 Å². The highest BCUT2D eigenvalue weighted by Gasteiger charge is 2.31. The average Bonchev–Trinajstić information content (AvgIpc) is 3.45. The molecule has 28 heavy (non-hydrogen) atoms. The first-order valence-electron chi connectivity index (χ1n) is 9.03. The molecule has 0 radical (unpaired) electrons. The second-order valence-electron chi connectivity index (χ2n) is 6.67. The third kappa shape index (κ3) is 4.12. The van der Waals surface area contributed by atoms with Gasteiger partial charge in [-0.15, -0.1) is 5.10 Å². The minimum Gasteiger partial charge on any atom is -0.325 e. The number of nitrogens with one attached hydrogen (secondary N) is 1. The number of ketones is 1. The molecule has 1 atom stereocenters. The molecule has 1 aliphatic carbocycles. The van der Waals surface area contributed by atoms with Gasteiger partial charge in [0.15, 0.2) is 5.78 Å². The van der Waals surface area contributed by atoms with Crippen LogP contribution in [0.4, 0.5) is 5.69 Å². The van der Waals surface area contributed by atoms with Crippen molar-refractivity contribution in [2.45, 2.75) is 36.2 Å². The van der Waals surface area contributed by atoms with E-state index in [0.29, 0.717) is 22.4 Å². The van der Waals surface area contributed by atoms with Crippen molar-refractivity contribution in [3.05, 3.63) is 65.7 Å². The molecule has 8 heteroatoms. The maximum absolute atomic E-state index is 13.1. The van der Waals surface area contributed by atoms with E-state index < -0.39 is 5.25 Å². The third-order valence-electron chi connectivity index (χ3n) is 4.46. The molecule has 1 amide bonds. The lowest BCUT2D eigenvalue weighted by Crippen LogP contribution is -2.19. The van der Waals surface area contributed by atoms with E-state index in [-0.39, 0.29) is 11.7 Å². The Morgan fingerprint density at radius 2 is 1.93 bits per heavy atom. The van der Waals surface area contributed by atoms with Gasteiger partial charge in [-0.2, -0.15) is 0 Å². The van der Waals surface area contributed by atoms with Crippen molar-refractivity contribution in [2.75, 3.05) is 5.32 Å². The number of rotatable bonds is 7. The van der Waals surface area contributed by atoms with E-state index in [1.54, 1.807) is 28.9 Å². The summed E-state index contributed by atoms with van der Waals surface area (Å²) >= 11 is 1.33. The van der Waals surface area contributed by atoms with Crippen molar-refractivity contribution in [3.63, 3.8) is 0 Å².